The third kappa shape index (κ3) is 5.63. The Hall–Kier alpha value is -2.78. The summed E-state index contributed by atoms with van der Waals surface area (Å²) in [6.45, 7) is 19.9. The molecule has 1 aromatic rings. The van der Waals surface area contributed by atoms with E-state index in [4.69, 9.17) is 4.74 Å². The van der Waals surface area contributed by atoms with Gasteiger partial charge in [-0.05, 0) is 70.2 Å². The Morgan fingerprint density at radius 1 is 1.14 bits per heavy atom. The highest BCUT2D eigenvalue weighted by Gasteiger charge is 2.78. The van der Waals surface area contributed by atoms with E-state index < -0.39 is 33.4 Å². The summed E-state index contributed by atoms with van der Waals surface area (Å²) in [5.41, 5.74) is 1.80. The van der Waals surface area contributed by atoms with Crippen molar-refractivity contribution < 1.29 is 24.2 Å². The van der Waals surface area contributed by atoms with Gasteiger partial charge < -0.3 is 24.5 Å². The molecule has 1 spiro atoms. The van der Waals surface area contributed by atoms with Crippen LogP contribution in [0, 0.1) is 17.8 Å². The molecule has 3 saturated heterocycles. The summed E-state index contributed by atoms with van der Waals surface area (Å²) in [7, 11) is 0. The maximum Gasteiger partial charge on any atom is 0.311 e. The number of esters is 1. The molecule has 2 unspecified atom stereocenters. The van der Waals surface area contributed by atoms with Gasteiger partial charge in [-0.15, -0.1) is 24.9 Å². The van der Waals surface area contributed by atoms with Crippen molar-refractivity contribution in [1.29, 1.82) is 0 Å². The van der Waals surface area contributed by atoms with E-state index in [1.165, 1.54) is 0 Å². The molecule has 0 radical (unpaired) electrons. The zero-order chi connectivity index (χ0) is 31.5. The number of ether oxygens (including phenoxy) is 1. The lowest BCUT2D eigenvalue weighted by Gasteiger charge is -2.41. The van der Waals surface area contributed by atoms with E-state index in [2.05, 4.69) is 31.9 Å². The number of carbonyl (C=O) groups excluding carboxylic acids is 3. The second kappa shape index (κ2) is 13.5. The van der Waals surface area contributed by atoms with Crippen molar-refractivity contribution in [2.75, 3.05) is 42.6 Å². The van der Waals surface area contributed by atoms with Crippen molar-refractivity contribution in [3.05, 3.63) is 49.6 Å². The number of fused-ring (bicyclic) bond motifs is 1. The Morgan fingerprint density at radius 3 is 2.35 bits per heavy atom. The second-order valence-corrected chi connectivity index (χ2v) is 14.2. The van der Waals surface area contributed by atoms with Crippen molar-refractivity contribution in [3.8, 4) is 0 Å². The minimum atomic E-state index is -0.837. The smallest absolute Gasteiger partial charge is 0.311 e. The van der Waals surface area contributed by atoms with Gasteiger partial charge in [0, 0.05) is 35.8 Å². The molecular weight excluding hydrogens is 562 g/mol. The number of likely N-dealkylation sites (tertiary alicyclic amines) is 1. The number of hydrogen-bond donors (Lipinski definition) is 1. The summed E-state index contributed by atoms with van der Waals surface area (Å²) in [6.07, 6.45) is 6.00. The van der Waals surface area contributed by atoms with E-state index in [-0.39, 0.29) is 43.5 Å². The molecule has 0 saturated carbocycles. The highest BCUT2D eigenvalue weighted by molar-refractivity contribution is 8.02. The number of aliphatic hydroxyl groups is 1. The number of rotatable bonds is 15. The molecule has 2 bridgehead atoms. The monoisotopic (exact) mass is 611 g/mol. The van der Waals surface area contributed by atoms with Gasteiger partial charge >= 0.3 is 5.97 Å². The molecule has 3 fully saturated rings. The SMILES string of the molecule is C=CCCOC(=O)[C@@H]1[C@H]2C(=O)N([C@@H](CO)[C@@H](C)CC)C(C(=O)N(CC=C)c3ccc(N(CC)CC)cc3)C23CC[C@@]1(C)S3. The highest BCUT2D eigenvalue weighted by Crippen LogP contribution is 2.72. The normalized spacial score (nSPS) is 28.7. The Labute approximate surface area is 261 Å². The van der Waals surface area contributed by atoms with Crippen LogP contribution in [-0.2, 0) is 19.1 Å². The zero-order valence-electron chi connectivity index (χ0n) is 26.5. The van der Waals surface area contributed by atoms with Gasteiger partial charge in [-0.2, -0.15) is 0 Å². The standard InChI is InChI=1S/C34H49N3O5S/c1-8-13-21-42-32(41)28-27-30(39)37(26(22-38)23(6)10-3)29(34(27)19-18-33(28,7)43-34)31(40)36(20-9-2)25-16-14-24(15-17-25)35(11-4)12-5/h8-9,14-17,23,26-29,38H,1-2,10-13,18-22H2,3-7H3/t23-,26-,27-,28-,29?,33+,34?/m0/s1. The third-order valence-electron chi connectivity index (χ3n) is 9.98. The van der Waals surface area contributed by atoms with E-state index in [9.17, 15) is 19.5 Å². The molecule has 9 heteroatoms. The van der Waals surface area contributed by atoms with Crippen LogP contribution in [0.2, 0.25) is 0 Å². The van der Waals surface area contributed by atoms with Crippen molar-refractivity contribution in [2.45, 2.75) is 81.9 Å². The molecule has 2 amide bonds. The van der Waals surface area contributed by atoms with Gasteiger partial charge in [-0.1, -0.05) is 32.4 Å². The fraction of sp³-hybridized carbons (Fsp3) is 0.618. The average Bonchev–Trinajstić information content (AvgIpc) is 3.57. The minimum absolute atomic E-state index is 0.0449. The Bertz CT molecular complexity index is 1200. The molecule has 1 aromatic carbocycles. The lowest BCUT2D eigenvalue weighted by molar-refractivity contribution is -0.156. The van der Waals surface area contributed by atoms with Crippen LogP contribution in [0.3, 0.4) is 0 Å². The van der Waals surface area contributed by atoms with E-state index in [0.29, 0.717) is 19.3 Å². The van der Waals surface area contributed by atoms with Crippen molar-refractivity contribution in [2.24, 2.45) is 17.8 Å². The Balaban J connectivity index is 1.80. The molecule has 3 aliphatic rings. The number of nitrogens with zero attached hydrogens (tertiary/aromatic N) is 3. The van der Waals surface area contributed by atoms with Gasteiger partial charge in [0.2, 0.25) is 5.91 Å². The quantitative estimate of drug-likeness (QED) is 0.169. The molecule has 4 rings (SSSR count). The number of benzene rings is 1. The van der Waals surface area contributed by atoms with Crippen LogP contribution in [0.1, 0.15) is 60.3 Å². The van der Waals surface area contributed by atoms with Gasteiger partial charge in [0.25, 0.3) is 5.91 Å². The first kappa shape index (κ1) is 33.1. The number of thioether (sulfide) groups is 1. The van der Waals surface area contributed by atoms with Gasteiger partial charge in [0.1, 0.15) is 6.04 Å². The molecule has 236 valence electrons. The van der Waals surface area contributed by atoms with Gasteiger partial charge in [0.15, 0.2) is 0 Å². The summed E-state index contributed by atoms with van der Waals surface area (Å²) in [4.78, 5) is 48.7. The van der Waals surface area contributed by atoms with Gasteiger partial charge in [0.05, 0.1) is 35.8 Å². The first-order valence-electron chi connectivity index (χ1n) is 15.8. The van der Waals surface area contributed by atoms with Crippen LogP contribution < -0.4 is 9.80 Å². The van der Waals surface area contributed by atoms with E-state index in [0.717, 1.165) is 30.9 Å². The molecule has 43 heavy (non-hydrogen) atoms. The fourth-order valence-corrected chi connectivity index (χ4v) is 9.86. The van der Waals surface area contributed by atoms with Crippen LogP contribution in [0.4, 0.5) is 11.4 Å². The first-order chi connectivity index (χ1) is 20.6. The highest BCUT2D eigenvalue weighted by atomic mass is 32.2. The lowest BCUT2D eigenvalue weighted by Crippen LogP contribution is -2.58. The molecule has 1 N–H and O–H groups in total. The summed E-state index contributed by atoms with van der Waals surface area (Å²) in [5, 5.41) is 10.6. The zero-order valence-corrected chi connectivity index (χ0v) is 27.3. The minimum Gasteiger partial charge on any atom is -0.465 e. The third-order valence-corrected chi connectivity index (χ3v) is 12.0. The number of hydrogen-bond acceptors (Lipinski definition) is 7. The number of amides is 2. The maximum atomic E-state index is 14.9. The number of anilines is 2. The predicted molar refractivity (Wildman–Crippen MR) is 174 cm³/mol. The molecule has 3 aliphatic heterocycles. The van der Waals surface area contributed by atoms with Crippen LogP contribution in [0.15, 0.2) is 49.6 Å². The summed E-state index contributed by atoms with van der Waals surface area (Å²) < 4.78 is 4.35. The van der Waals surface area contributed by atoms with Crippen molar-refractivity contribution in [3.63, 3.8) is 0 Å². The van der Waals surface area contributed by atoms with Gasteiger partial charge in [-0.3, -0.25) is 14.4 Å². The van der Waals surface area contributed by atoms with E-state index in [1.54, 1.807) is 33.7 Å². The molecule has 7 atom stereocenters. The molecule has 0 aliphatic carbocycles. The summed E-state index contributed by atoms with van der Waals surface area (Å²) >= 11 is 1.62. The van der Waals surface area contributed by atoms with Crippen molar-refractivity contribution >= 4 is 40.9 Å². The van der Waals surface area contributed by atoms with Crippen molar-refractivity contribution in [1.82, 2.24) is 4.90 Å². The second-order valence-electron chi connectivity index (χ2n) is 12.3. The fourth-order valence-electron chi connectivity index (χ4n) is 7.54. The largest absolute Gasteiger partial charge is 0.465 e. The van der Waals surface area contributed by atoms with E-state index in [1.807, 2.05) is 45.0 Å². The average molecular weight is 612 g/mol. The molecule has 8 nitrogen and oxygen atoms in total. The first-order valence-corrected chi connectivity index (χ1v) is 16.6. The van der Waals surface area contributed by atoms with Gasteiger partial charge in [-0.25, -0.2) is 0 Å². The predicted octanol–water partition coefficient (Wildman–Crippen LogP) is 5.06. The van der Waals surface area contributed by atoms with Crippen LogP contribution in [0.5, 0.6) is 0 Å². The Kier molecular flexibility index (Phi) is 10.4. The summed E-state index contributed by atoms with van der Waals surface area (Å²) in [5.74, 6) is -2.22. The lowest BCUT2D eigenvalue weighted by atomic mass is 9.66. The maximum absolute atomic E-state index is 14.9. The topological polar surface area (TPSA) is 90.4 Å². The van der Waals surface area contributed by atoms with Crippen LogP contribution in [-0.4, -0.2) is 82.2 Å². The molecular formula is C34H49N3O5S. The van der Waals surface area contributed by atoms with E-state index >= 15 is 0 Å². The number of aliphatic hydroxyl groups excluding tert-OH is 1. The van der Waals surface area contributed by atoms with Crippen LogP contribution in [0.25, 0.3) is 0 Å². The Morgan fingerprint density at radius 2 is 1.79 bits per heavy atom. The summed E-state index contributed by atoms with van der Waals surface area (Å²) in [6, 6.07) is 6.55. The molecule has 0 aromatic heterocycles. The molecule has 3 heterocycles. The van der Waals surface area contributed by atoms with Crippen LogP contribution >= 0.6 is 11.8 Å². The number of carbonyl (C=O) groups is 3.